The number of rotatable bonds is 8. The molecule has 2 aromatic rings. The van der Waals surface area contributed by atoms with E-state index in [0.29, 0.717) is 42.4 Å². The summed E-state index contributed by atoms with van der Waals surface area (Å²) in [6, 6.07) is 11.5. The van der Waals surface area contributed by atoms with Crippen molar-refractivity contribution in [3.8, 4) is 16.9 Å². The zero-order valence-corrected chi connectivity index (χ0v) is 19.8. The van der Waals surface area contributed by atoms with Gasteiger partial charge in [-0.3, -0.25) is 4.79 Å². The molecule has 1 amide bonds. The lowest BCUT2D eigenvalue weighted by Gasteiger charge is -2.32. The summed E-state index contributed by atoms with van der Waals surface area (Å²) in [6.07, 6.45) is 1.11. The van der Waals surface area contributed by atoms with Crippen LogP contribution in [0.4, 0.5) is 5.69 Å². The molecule has 0 aromatic heterocycles. The van der Waals surface area contributed by atoms with Crippen molar-refractivity contribution in [3.05, 3.63) is 59.0 Å². The zero-order chi connectivity index (χ0) is 23.3. The lowest BCUT2D eigenvalue weighted by atomic mass is 10.0. The normalized spacial score (nSPS) is 14.8. The van der Waals surface area contributed by atoms with Gasteiger partial charge in [0.25, 0.3) is 0 Å². The third kappa shape index (κ3) is 6.03. The van der Waals surface area contributed by atoms with E-state index >= 15 is 0 Å². The molecule has 0 radical (unpaired) electrons. The van der Waals surface area contributed by atoms with Crippen LogP contribution < -0.4 is 14.8 Å². The predicted octanol–water partition coefficient (Wildman–Crippen LogP) is 3.79. The molecule has 0 atom stereocenters. The number of piperidine rings is 1. The highest BCUT2D eigenvalue weighted by atomic mass is 35.5. The number of benzene rings is 2. The number of methoxy groups -OCH3 is 1. The van der Waals surface area contributed by atoms with Gasteiger partial charge in [-0.1, -0.05) is 48.0 Å². The van der Waals surface area contributed by atoms with E-state index in [0.717, 1.165) is 22.1 Å². The number of nitrogens with zero attached hydrogens (tertiary/aromatic N) is 1. The van der Waals surface area contributed by atoms with Crippen molar-refractivity contribution in [2.45, 2.75) is 25.8 Å². The minimum Gasteiger partial charge on any atom is -0.495 e. The van der Waals surface area contributed by atoms with E-state index < -0.39 is 10.0 Å². The van der Waals surface area contributed by atoms with E-state index in [2.05, 4.69) is 16.6 Å². The lowest BCUT2D eigenvalue weighted by Crippen LogP contribution is -2.47. The molecule has 172 valence electrons. The van der Waals surface area contributed by atoms with Gasteiger partial charge in [0.05, 0.1) is 24.4 Å². The average molecular weight is 478 g/mol. The summed E-state index contributed by atoms with van der Waals surface area (Å²) in [4.78, 5) is 14.5. The van der Waals surface area contributed by atoms with E-state index in [4.69, 9.17) is 16.3 Å². The largest absolute Gasteiger partial charge is 0.495 e. The van der Waals surface area contributed by atoms with Gasteiger partial charge in [0.15, 0.2) is 0 Å². The van der Waals surface area contributed by atoms with Gasteiger partial charge in [-0.15, -0.1) is 0 Å². The molecule has 0 saturated carbocycles. The first-order valence-corrected chi connectivity index (χ1v) is 12.3. The number of aryl methyl sites for hydroxylation is 1. The van der Waals surface area contributed by atoms with Crippen molar-refractivity contribution in [1.82, 2.24) is 9.62 Å². The number of nitrogens with one attached hydrogen (secondary N) is 2. The van der Waals surface area contributed by atoms with Gasteiger partial charge in [-0.05, 0) is 31.4 Å². The summed E-state index contributed by atoms with van der Waals surface area (Å²) in [6.45, 7) is 6.38. The van der Waals surface area contributed by atoms with Gasteiger partial charge in [0.2, 0.25) is 15.9 Å². The highest BCUT2D eigenvalue weighted by molar-refractivity contribution is 7.92. The van der Waals surface area contributed by atoms with Crippen LogP contribution in [0, 0.1) is 6.92 Å². The van der Waals surface area contributed by atoms with Gasteiger partial charge in [-0.25, -0.2) is 13.1 Å². The highest BCUT2D eigenvalue weighted by Crippen LogP contribution is 2.37. The molecule has 1 saturated heterocycles. The van der Waals surface area contributed by atoms with Crippen LogP contribution in [0.3, 0.4) is 0 Å². The van der Waals surface area contributed by atoms with Crippen LogP contribution in [0.25, 0.3) is 11.1 Å². The number of hydrogen-bond acceptors (Lipinski definition) is 5. The molecule has 3 rings (SSSR count). The van der Waals surface area contributed by atoms with Gasteiger partial charge in [-0.2, -0.15) is 0 Å². The summed E-state index contributed by atoms with van der Waals surface area (Å²) in [7, 11) is -1.92. The van der Waals surface area contributed by atoms with Crippen LogP contribution >= 0.6 is 11.6 Å². The fourth-order valence-electron chi connectivity index (χ4n) is 3.71. The highest BCUT2D eigenvalue weighted by Gasteiger charge is 2.25. The maximum Gasteiger partial charge on any atom is 0.241 e. The maximum atomic E-state index is 12.7. The minimum absolute atomic E-state index is 0.0656. The van der Waals surface area contributed by atoms with Crippen LogP contribution in [0.1, 0.15) is 18.4 Å². The number of likely N-dealkylation sites (tertiary alicyclic amines) is 1. The second kappa shape index (κ2) is 10.4. The first-order chi connectivity index (χ1) is 15.2. The first kappa shape index (κ1) is 24.1. The number of amides is 1. The fourth-order valence-corrected chi connectivity index (χ4v) is 4.76. The van der Waals surface area contributed by atoms with Crippen molar-refractivity contribution in [1.29, 1.82) is 0 Å². The number of ether oxygens (including phenoxy) is 1. The Balaban J connectivity index is 1.65. The van der Waals surface area contributed by atoms with Crippen molar-refractivity contribution in [3.63, 3.8) is 0 Å². The van der Waals surface area contributed by atoms with Crippen LogP contribution in [0.2, 0.25) is 5.02 Å². The summed E-state index contributed by atoms with van der Waals surface area (Å²) in [5, 5.41) is 4.64. The average Bonchev–Trinajstić information content (AvgIpc) is 2.78. The van der Waals surface area contributed by atoms with E-state index in [1.165, 1.54) is 0 Å². The van der Waals surface area contributed by atoms with E-state index in [1.54, 1.807) is 18.1 Å². The third-order valence-corrected chi connectivity index (χ3v) is 6.86. The molecule has 1 heterocycles. The van der Waals surface area contributed by atoms with E-state index in [9.17, 15) is 13.2 Å². The summed E-state index contributed by atoms with van der Waals surface area (Å²) in [5.41, 5.74) is 3.63. The number of hydrogen-bond donors (Lipinski definition) is 2. The molecule has 0 unspecified atom stereocenters. The molecule has 0 spiro atoms. The molecular formula is C23H28ClN3O4S. The van der Waals surface area contributed by atoms with Crippen molar-refractivity contribution >= 4 is 33.2 Å². The number of anilines is 1. The SMILES string of the molecule is C=CS(=O)(=O)NC1CCN(C(=O)CNc2cc(-c3cccc(C)c3)c(Cl)cc2OC)CC1. The Hall–Kier alpha value is -2.55. The van der Waals surface area contributed by atoms with E-state index in [1.807, 2.05) is 37.3 Å². The molecule has 0 bridgehead atoms. The smallest absolute Gasteiger partial charge is 0.241 e. The Morgan fingerprint density at radius 3 is 2.62 bits per heavy atom. The third-order valence-electron chi connectivity index (χ3n) is 5.45. The minimum atomic E-state index is -3.47. The molecular weight excluding hydrogens is 450 g/mol. The standard InChI is InChI=1S/C23H28ClN3O4S/c1-4-32(29,30)26-18-8-10-27(11-9-18)23(28)15-25-21-13-19(20(24)14-22(21)31-3)17-7-5-6-16(2)12-17/h4-7,12-14,18,25-26H,1,8-11,15H2,2-3H3. The van der Waals surface area contributed by atoms with Crippen LogP contribution in [0.15, 0.2) is 48.4 Å². The summed E-state index contributed by atoms with van der Waals surface area (Å²) in [5.74, 6) is 0.487. The quantitative estimate of drug-likeness (QED) is 0.604. The number of sulfonamides is 1. The molecule has 32 heavy (non-hydrogen) atoms. The molecule has 0 aliphatic carbocycles. The number of carbonyl (C=O) groups is 1. The molecule has 1 aliphatic rings. The van der Waals surface area contributed by atoms with Crippen molar-refractivity contribution < 1.29 is 17.9 Å². The zero-order valence-electron chi connectivity index (χ0n) is 18.2. The maximum absolute atomic E-state index is 12.7. The van der Waals surface area contributed by atoms with Gasteiger partial charge in [0, 0.05) is 36.2 Å². The van der Waals surface area contributed by atoms with E-state index in [-0.39, 0.29) is 18.5 Å². The fraction of sp³-hybridized carbons (Fsp3) is 0.348. The number of halogens is 1. The van der Waals surface area contributed by atoms with Crippen LogP contribution in [0.5, 0.6) is 5.75 Å². The second-order valence-corrected chi connectivity index (χ2v) is 9.81. The topological polar surface area (TPSA) is 87.7 Å². The Morgan fingerprint density at radius 2 is 2.00 bits per heavy atom. The van der Waals surface area contributed by atoms with Gasteiger partial charge >= 0.3 is 0 Å². The lowest BCUT2D eigenvalue weighted by molar-refractivity contribution is -0.130. The molecule has 2 aromatic carbocycles. The Kier molecular flexibility index (Phi) is 7.82. The number of carbonyl (C=O) groups excluding carboxylic acids is 1. The van der Waals surface area contributed by atoms with Crippen LogP contribution in [-0.2, 0) is 14.8 Å². The molecule has 2 N–H and O–H groups in total. The van der Waals surface area contributed by atoms with Crippen molar-refractivity contribution in [2.75, 3.05) is 32.1 Å². The van der Waals surface area contributed by atoms with Gasteiger partial charge < -0.3 is 15.0 Å². The first-order valence-electron chi connectivity index (χ1n) is 10.3. The molecule has 9 heteroatoms. The summed E-state index contributed by atoms with van der Waals surface area (Å²) < 4.78 is 31.3. The second-order valence-electron chi connectivity index (χ2n) is 7.74. The Morgan fingerprint density at radius 1 is 1.28 bits per heavy atom. The monoisotopic (exact) mass is 477 g/mol. The molecule has 7 nitrogen and oxygen atoms in total. The van der Waals surface area contributed by atoms with Crippen molar-refractivity contribution in [2.24, 2.45) is 0 Å². The Bertz CT molecular complexity index is 1100. The summed E-state index contributed by atoms with van der Waals surface area (Å²) >= 11 is 6.48. The van der Waals surface area contributed by atoms with Gasteiger partial charge in [0.1, 0.15) is 5.75 Å². The molecule has 1 aliphatic heterocycles. The predicted molar refractivity (Wildman–Crippen MR) is 129 cm³/mol. The molecule has 1 fully saturated rings. The Labute approximate surface area is 194 Å². The van der Waals surface area contributed by atoms with Crippen LogP contribution in [-0.4, -0.2) is 52.0 Å².